The number of para-hydroxylation sites is 7. The topological polar surface area (TPSA) is 26.1 Å². The molecule has 61 heavy (non-hydrogen) atoms. The van der Waals surface area contributed by atoms with Crippen LogP contribution in [0.3, 0.4) is 0 Å². The van der Waals surface area contributed by atoms with Crippen LogP contribution in [0.1, 0.15) is 0 Å². The van der Waals surface area contributed by atoms with Crippen molar-refractivity contribution >= 4 is 136 Å². The number of hydrogen-bond donors (Lipinski definition) is 0. The number of furan rings is 1. The van der Waals surface area contributed by atoms with Gasteiger partial charge >= 0.3 is 0 Å². The highest BCUT2D eigenvalue weighted by Crippen LogP contribution is 2.60. The van der Waals surface area contributed by atoms with Crippen LogP contribution in [0.15, 0.2) is 199 Å². The van der Waals surface area contributed by atoms with E-state index >= 15 is 0 Å². The fourth-order valence-corrected chi connectivity index (χ4v) is 11.7. The minimum atomic E-state index is -0.0537. The SMILES string of the molecule is c1ccc(N2c3ccccc3B3c4cccc5c4N4c6c3c2cc2c6B(c3ccccc3N2c2ccccc2)c2cc3c(oc6ccccc63)c(c24)N5c2ccccc2)cc1. The van der Waals surface area contributed by atoms with E-state index in [1.807, 2.05) is 0 Å². The Morgan fingerprint density at radius 2 is 0.820 bits per heavy atom. The zero-order chi connectivity index (χ0) is 39.5. The molecular weight excluding hydrogens is 742 g/mol. The van der Waals surface area contributed by atoms with Gasteiger partial charge in [0.1, 0.15) is 11.3 Å². The molecule has 5 aliphatic heterocycles. The molecule has 0 fully saturated rings. The third kappa shape index (κ3) is 3.90. The summed E-state index contributed by atoms with van der Waals surface area (Å²) in [6.07, 6.45) is 0. The standard InChI is InChI=1S/C54H32B2N4O/c1-4-17-33(18-5-1)57-42-27-13-11-24-38(42)55-40-26-16-29-44-50(40)60-51-41(31-37-36-23-10-15-30-47(36)61-54(37)53(51)59(44)35-21-8-3-9-22-35)56-39-25-12-14-28-43(39)58(34-19-6-2-7-20-34)46-32-45(57)48(55)52(60)49(46)56/h1-32H. The van der Waals surface area contributed by atoms with Gasteiger partial charge in [-0.3, -0.25) is 0 Å². The molecule has 0 unspecified atom stereocenters. The molecule has 0 atom stereocenters. The highest BCUT2D eigenvalue weighted by molar-refractivity contribution is 7.05. The van der Waals surface area contributed by atoms with E-state index in [0.717, 1.165) is 50.4 Å². The lowest BCUT2D eigenvalue weighted by Gasteiger charge is -2.54. The maximum atomic E-state index is 7.09. The van der Waals surface area contributed by atoms with Crippen LogP contribution in [0.25, 0.3) is 21.9 Å². The summed E-state index contributed by atoms with van der Waals surface area (Å²) in [4.78, 5) is 10.2. The Labute approximate surface area is 353 Å². The van der Waals surface area contributed by atoms with Crippen molar-refractivity contribution in [1.82, 2.24) is 0 Å². The predicted octanol–water partition coefficient (Wildman–Crippen LogP) is 10.1. The van der Waals surface area contributed by atoms with E-state index < -0.39 is 0 Å². The molecule has 15 rings (SSSR count). The summed E-state index contributed by atoms with van der Waals surface area (Å²) in [6, 6.07) is 71.5. The van der Waals surface area contributed by atoms with E-state index in [1.54, 1.807) is 0 Å². The van der Waals surface area contributed by atoms with Crippen LogP contribution in [-0.4, -0.2) is 13.4 Å². The van der Waals surface area contributed by atoms with Gasteiger partial charge in [0.25, 0.3) is 13.4 Å². The summed E-state index contributed by atoms with van der Waals surface area (Å²) < 4.78 is 7.09. The van der Waals surface area contributed by atoms with E-state index in [1.165, 1.54) is 72.6 Å². The molecule has 5 aliphatic rings. The maximum Gasteiger partial charge on any atom is 0.252 e. The van der Waals surface area contributed by atoms with Crippen molar-refractivity contribution in [3.8, 4) is 0 Å². The highest BCUT2D eigenvalue weighted by Gasteiger charge is 2.55. The van der Waals surface area contributed by atoms with Gasteiger partial charge in [-0.25, -0.2) is 0 Å². The van der Waals surface area contributed by atoms with E-state index in [4.69, 9.17) is 4.42 Å². The van der Waals surface area contributed by atoms with Crippen molar-refractivity contribution in [2.75, 3.05) is 19.6 Å². The lowest BCUT2D eigenvalue weighted by atomic mass is 9.28. The Bertz CT molecular complexity index is 3540. The van der Waals surface area contributed by atoms with Gasteiger partial charge < -0.3 is 24.0 Å². The third-order valence-electron chi connectivity index (χ3n) is 13.9. The average Bonchev–Trinajstić information content (AvgIpc) is 3.70. The van der Waals surface area contributed by atoms with Gasteiger partial charge in [0.05, 0.1) is 17.1 Å². The second kappa shape index (κ2) is 11.4. The van der Waals surface area contributed by atoms with E-state index in [9.17, 15) is 0 Å². The molecule has 0 saturated heterocycles. The first-order chi connectivity index (χ1) is 30.3. The van der Waals surface area contributed by atoms with Crippen LogP contribution < -0.4 is 52.4 Å². The summed E-state index contributed by atoms with van der Waals surface area (Å²) in [5.74, 6) is 0. The first-order valence-corrected chi connectivity index (χ1v) is 21.2. The van der Waals surface area contributed by atoms with Crippen LogP contribution in [0, 0.1) is 0 Å². The van der Waals surface area contributed by atoms with E-state index in [0.29, 0.717) is 0 Å². The number of hydrogen-bond acceptors (Lipinski definition) is 5. The van der Waals surface area contributed by atoms with Gasteiger partial charge in [-0.1, -0.05) is 127 Å². The Kier molecular flexibility index (Phi) is 6.00. The highest BCUT2D eigenvalue weighted by atomic mass is 16.3. The van der Waals surface area contributed by atoms with Crippen molar-refractivity contribution in [2.24, 2.45) is 0 Å². The van der Waals surface area contributed by atoms with Crippen LogP contribution in [0.5, 0.6) is 0 Å². The van der Waals surface area contributed by atoms with Crippen molar-refractivity contribution in [3.05, 3.63) is 194 Å². The lowest BCUT2D eigenvalue weighted by Crippen LogP contribution is -2.69. The Balaban J connectivity index is 1.18. The van der Waals surface area contributed by atoms with Gasteiger partial charge in [-0.15, -0.1) is 0 Å². The predicted molar refractivity (Wildman–Crippen MR) is 255 cm³/mol. The van der Waals surface area contributed by atoms with E-state index in [2.05, 4.69) is 214 Å². The summed E-state index contributed by atoms with van der Waals surface area (Å²) in [7, 11) is 0. The Morgan fingerprint density at radius 1 is 0.311 bits per heavy atom. The lowest BCUT2D eigenvalue weighted by molar-refractivity contribution is 0.669. The number of nitrogens with zero attached hydrogens (tertiary/aromatic N) is 4. The van der Waals surface area contributed by atoms with Crippen LogP contribution in [0.2, 0.25) is 0 Å². The summed E-state index contributed by atoms with van der Waals surface area (Å²) >= 11 is 0. The minimum absolute atomic E-state index is 0.00341. The van der Waals surface area contributed by atoms with Crippen molar-refractivity contribution < 1.29 is 4.42 Å². The molecule has 0 saturated carbocycles. The molecular formula is C54H32B2N4O. The van der Waals surface area contributed by atoms with Gasteiger partial charge in [0, 0.05) is 56.3 Å². The monoisotopic (exact) mass is 774 g/mol. The Hall–Kier alpha value is -7.89. The number of rotatable bonds is 3. The molecule has 0 N–H and O–H groups in total. The average molecular weight is 775 g/mol. The first-order valence-electron chi connectivity index (χ1n) is 21.2. The first kappa shape index (κ1) is 32.0. The molecule has 9 aromatic carbocycles. The molecule has 0 spiro atoms. The largest absolute Gasteiger partial charge is 0.454 e. The summed E-state index contributed by atoms with van der Waals surface area (Å²) in [5, 5.41) is 2.26. The van der Waals surface area contributed by atoms with Crippen LogP contribution in [0.4, 0.5) is 68.2 Å². The van der Waals surface area contributed by atoms with Gasteiger partial charge in [0.2, 0.25) is 0 Å². The quantitative estimate of drug-likeness (QED) is 0.167. The third-order valence-corrected chi connectivity index (χ3v) is 13.9. The van der Waals surface area contributed by atoms with Gasteiger partial charge in [0.15, 0.2) is 5.58 Å². The van der Waals surface area contributed by atoms with E-state index in [-0.39, 0.29) is 13.4 Å². The molecule has 5 nitrogen and oxygen atoms in total. The van der Waals surface area contributed by atoms with Crippen molar-refractivity contribution in [3.63, 3.8) is 0 Å². The molecule has 280 valence electrons. The maximum absolute atomic E-state index is 7.09. The summed E-state index contributed by atoms with van der Waals surface area (Å²) in [5.41, 5.74) is 23.9. The van der Waals surface area contributed by atoms with Crippen LogP contribution in [-0.2, 0) is 0 Å². The molecule has 0 radical (unpaired) electrons. The zero-order valence-corrected chi connectivity index (χ0v) is 32.8. The second-order valence-electron chi connectivity index (χ2n) is 16.8. The molecule has 1 aromatic heterocycles. The molecule has 10 aromatic rings. The van der Waals surface area contributed by atoms with Crippen LogP contribution >= 0.6 is 0 Å². The summed E-state index contributed by atoms with van der Waals surface area (Å²) in [6.45, 7) is -0.0572. The fourth-order valence-electron chi connectivity index (χ4n) is 11.7. The Morgan fingerprint density at radius 3 is 1.46 bits per heavy atom. The number of benzene rings is 9. The molecule has 0 bridgehead atoms. The fraction of sp³-hybridized carbons (Fsp3) is 0. The smallest absolute Gasteiger partial charge is 0.252 e. The molecule has 7 heteroatoms. The van der Waals surface area contributed by atoms with Crippen molar-refractivity contribution in [2.45, 2.75) is 0 Å². The molecule has 6 heterocycles. The van der Waals surface area contributed by atoms with Gasteiger partial charge in [-0.2, -0.15) is 0 Å². The number of anilines is 12. The number of fused-ring (bicyclic) bond motifs is 10. The molecule has 0 aliphatic carbocycles. The second-order valence-corrected chi connectivity index (χ2v) is 16.8. The minimum Gasteiger partial charge on any atom is -0.454 e. The zero-order valence-electron chi connectivity index (χ0n) is 32.8. The normalized spacial score (nSPS) is 14.4. The van der Waals surface area contributed by atoms with Gasteiger partial charge in [-0.05, 0) is 99.5 Å². The molecule has 0 amide bonds. The van der Waals surface area contributed by atoms with Crippen molar-refractivity contribution in [1.29, 1.82) is 0 Å².